The van der Waals surface area contributed by atoms with Crippen molar-refractivity contribution in [3.05, 3.63) is 60.2 Å². The lowest BCUT2D eigenvalue weighted by atomic mass is 10.2. The molecule has 0 atom stereocenters. The zero-order valence-electron chi connectivity index (χ0n) is 15.5. The first-order valence-electron chi connectivity index (χ1n) is 8.76. The van der Waals surface area contributed by atoms with Crippen LogP contribution in [-0.2, 0) is 17.6 Å². The number of hydrogen-bond acceptors (Lipinski definition) is 6. The average Bonchev–Trinajstić information content (AvgIpc) is 3.19. The molecule has 0 unspecified atom stereocenters. The molecule has 0 aliphatic carbocycles. The molecule has 0 aliphatic rings. The van der Waals surface area contributed by atoms with Crippen molar-refractivity contribution < 1.29 is 14.1 Å². The summed E-state index contributed by atoms with van der Waals surface area (Å²) in [7, 11) is 3.40. The number of hydrogen-bond donors (Lipinski definition) is 0. The smallest absolute Gasteiger partial charge is 0.227 e. The van der Waals surface area contributed by atoms with Gasteiger partial charge in [0.1, 0.15) is 5.75 Å². The number of carbonyl (C=O) groups excluding carboxylic acids is 1. The highest BCUT2D eigenvalue weighted by atomic mass is 16.5. The molecule has 3 aromatic rings. The number of nitrogens with zero attached hydrogens (tertiary/aromatic N) is 4. The molecule has 2 heterocycles. The van der Waals surface area contributed by atoms with Gasteiger partial charge in [0, 0.05) is 38.8 Å². The van der Waals surface area contributed by atoms with Crippen LogP contribution < -0.4 is 4.74 Å². The Morgan fingerprint density at radius 2 is 1.93 bits per heavy atom. The summed E-state index contributed by atoms with van der Waals surface area (Å²) in [5, 5.41) is 4.00. The molecule has 0 saturated heterocycles. The van der Waals surface area contributed by atoms with Gasteiger partial charge in [-0.1, -0.05) is 17.3 Å². The highest BCUT2D eigenvalue weighted by molar-refractivity contribution is 5.76. The number of aryl methyl sites for hydroxylation is 1. The number of ether oxygens (including phenoxy) is 1. The van der Waals surface area contributed by atoms with Gasteiger partial charge in [0.15, 0.2) is 0 Å². The molecule has 0 fully saturated rings. The second-order valence-corrected chi connectivity index (χ2v) is 6.13. The van der Waals surface area contributed by atoms with Crippen LogP contribution in [0.1, 0.15) is 17.9 Å². The largest absolute Gasteiger partial charge is 0.496 e. The van der Waals surface area contributed by atoms with E-state index in [0.29, 0.717) is 36.9 Å². The maximum absolute atomic E-state index is 12.3. The Balaban J connectivity index is 1.52. The summed E-state index contributed by atoms with van der Waals surface area (Å²) < 4.78 is 10.6. The lowest BCUT2D eigenvalue weighted by Gasteiger charge is -2.16. The number of likely N-dealkylation sites (N-methyl/N-ethyl adjacent to an activating group) is 1. The Morgan fingerprint density at radius 3 is 2.70 bits per heavy atom. The van der Waals surface area contributed by atoms with Gasteiger partial charge in [0.2, 0.25) is 17.6 Å². The number of aromatic nitrogens is 3. The van der Waals surface area contributed by atoms with Gasteiger partial charge in [-0.3, -0.25) is 9.78 Å². The fraction of sp³-hybridized carbons (Fsp3) is 0.300. The summed E-state index contributed by atoms with van der Waals surface area (Å²) in [5.41, 5.74) is 1.92. The summed E-state index contributed by atoms with van der Waals surface area (Å²) in [6.45, 7) is 0.652. The predicted molar refractivity (Wildman–Crippen MR) is 100 cm³/mol. The average molecular weight is 366 g/mol. The van der Waals surface area contributed by atoms with Crippen molar-refractivity contribution in [2.24, 2.45) is 0 Å². The highest BCUT2D eigenvalue weighted by Crippen LogP contribution is 2.27. The fourth-order valence-electron chi connectivity index (χ4n) is 2.67. The molecule has 1 aromatic carbocycles. The highest BCUT2D eigenvalue weighted by Gasteiger charge is 2.15. The van der Waals surface area contributed by atoms with Gasteiger partial charge in [0.05, 0.1) is 12.7 Å². The van der Waals surface area contributed by atoms with Crippen LogP contribution in [0.15, 0.2) is 53.3 Å². The van der Waals surface area contributed by atoms with Crippen LogP contribution in [0.3, 0.4) is 0 Å². The van der Waals surface area contributed by atoms with Crippen molar-refractivity contribution in [3.8, 4) is 17.1 Å². The molecule has 3 rings (SSSR count). The number of rotatable bonds is 8. The molecule has 0 spiro atoms. The van der Waals surface area contributed by atoms with Crippen LogP contribution in [0.25, 0.3) is 11.4 Å². The van der Waals surface area contributed by atoms with E-state index in [0.717, 1.165) is 17.5 Å². The molecule has 0 N–H and O–H groups in total. The maximum atomic E-state index is 12.3. The molecule has 7 heteroatoms. The number of benzene rings is 1. The standard InChI is InChI=1S/C20H22N4O3/c1-24(14-11-15-9-12-21-13-10-15)19(25)8-7-18-22-20(23-27-18)16-5-3-4-6-17(16)26-2/h3-6,9-10,12-13H,7-8,11,14H2,1-2H3. The minimum Gasteiger partial charge on any atom is -0.496 e. The minimum absolute atomic E-state index is 0.0427. The summed E-state index contributed by atoms with van der Waals surface area (Å²) in [6, 6.07) is 11.4. The molecule has 0 radical (unpaired) electrons. The van der Waals surface area contributed by atoms with E-state index in [1.807, 2.05) is 36.4 Å². The van der Waals surface area contributed by atoms with Crippen LogP contribution in [0, 0.1) is 0 Å². The first-order valence-corrected chi connectivity index (χ1v) is 8.76. The molecule has 2 aromatic heterocycles. The van der Waals surface area contributed by atoms with Gasteiger partial charge in [0.25, 0.3) is 0 Å². The molecule has 1 amide bonds. The molecule has 0 bridgehead atoms. The topological polar surface area (TPSA) is 81.4 Å². The lowest BCUT2D eigenvalue weighted by molar-refractivity contribution is -0.129. The third-order valence-electron chi connectivity index (χ3n) is 4.28. The normalized spacial score (nSPS) is 10.6. The number of pyridine rings is 1. The summed E-state index contributed by atoms with van der Waals surface area (Å²) in [4.78, 5) is 22.4. The minimum atomic E-state index is 0.0427. The lowest BCUT2D eigenvalue weighted by Crippen LogP contribution is -2.29. The van der Waals surface area contributed by atoms with Crippen molar-refractivity contribution in [2.75, 3.05) is 20.7 Å². The van der Waals surface area contributed by atoms with Crippen molar-refractivity contribution in [2.45, 2.75) is 19.3 Å². The molecule has 27 heavy (non-hydrogen) atoms. The van der Waals surface area contributed by atoms with E-state index in [1.54, 1.807) is 31.5 Å². The molecule has 0 aliphatic heterocycles. The fourth-order valence-corrected chi connectivity index (χ4v) is 2.67. The third-order valence-corrected chi connectivity index (χ3v) is 4.28. The van der Waals surface area contributed by atoms with Gasteiger partial charge >= 0.3 is 0 Å². The summed E-state index contributed by atoms with van der Waals surface area (Å²) in [5.74, 6) is 1.62. The van der Waals surface area contributed by atoms with E-state index >= 15 is 0 Å². The van der Waals surface area contributed by atoms with Gasteiger partial charge in [-0.25, -0.2) is 0 Å². The van der Waals surface area contributed by atoms with Crippen molar-refractivity contribution in [3.63, 3.8) is 0 Å². The van der Waals surface area contributed by atoms with Crippen molar-refractivity contribution >= 4 is 5.91 Å². The van der Waals surface area contributed by atoms with E-state index in [2.05, 4.69) is 15.1 Å². The first-order chi connectivity index (χ1) is 13.2. The van der Waals surface area contributed by atoms with Gasteiger partial charge in [-0.05, 0) is 36.2 Å². The second kappa shape index (κ2) is 8.93. The summed E-state index contributed by atoms with van der Waals surface area (Å²) in [6.07, 6.45) is 5.03. The maximum Gasteiger partial charge on any atom is 0.227 e. The molecular formula is C20H22N4O3. The molecule has 0 saturated carbocycles. The summed E-state index contributed by atoms with van der Waals surface area (Å²) >= 11 is 0. The molecular weight excluding hydrogens is 344 g/mol. The van der Waals surface area contributed by atoms with E-state index in [1.165, 1.54) is 0 Å². The zero-order valence-corrected chi connectivity index (χ0v) is 15.5. The van der Waals surface area contributed by atoms with Gasteiger partial charge < -0.3 is 14.2 Å². The van der Waals surface area contributed by atoms with Crippen LogP contribution in [0.2, 0.25) is 0 Å². The third kappa shape index (κ3) is 4.91. The first kappa shape index (κ1) is 18.6. The van der Waals surface area contributed by atoms with Crippen LogP contribution in [-0.4, -0.2) is 46.6 Å². The molecule has 7 nitrogen and oxygen atoms in total. The van der Waals surface area contributed by atoms with E-state index < -0.39 is 0 Å². The van der Waals surface area contributed by atoms with Gasteiger partial charge in [-0.15, -0.1) is 0 Å². The quantitative estimate of drug-likeness (QED) is 0.610. The monoisotopic (exact) mass is 366 g/mol. The number of carbonyl (C=O) groups is 1. The van der Waals surface area contributed by atoms with Crippen molar-refractivity contribution in [1.82, 2.24) is 20.0 Å². The van der Waals surface area contributed by atoms with Crippen molar-refractivity contribution in [1.29, 1.82) is 0 Å². The Kier molecular flexibility index (Phi) is 6.14. The number of methoxy groups -OCH3 is 1. The van der Waals surface area contributed by atoms with Crippen LogP contribution in [0.5, 0.6) is 5.75 Å². The SMILES string of the molecule is COc1ccccc1-c1noc(CCC(=O)N(C)CCc2ccncc2)n1. The number of amides is 1. The Morgan fingerprint density at radius 1 is 1.15 bits per heavy atom. The molecule has 140 valence electrons. The van der Waals surface area contributed by atoms with E-state index in [4.69, 9.17) is 9.26 Å². The Labute approximate surface area is 158 Å². The Bertz CT molecular complexity index is 880. The Hall–Kier alpha value is -3.22. The second-order valence-electron chi connectivity index (χ2n) is 6.13. The van der Waals surface area contributed by atoms with Crippen LogP contribution in [0.4, 0.5) is 0 Å². The van der Waals surface area contributed by atoms with E-state index in [9.17, 15) is 4.79 Å². The zero-order chi connectivity index (χ0) is 19.1. The van der Waals surface area contributed by atoms with Crippen LogP contribution >= 0.6 is 0 Å². The predicted octanol–water partition coefficient (Wildman–Crippen LogP) is 2.77. The van der Waals surface area contributed by atoms with E-state index in [-0.39, 0.29) is 5.91 Å². The van der Waals surface area contributed by atoms with Gasteiger partial charge in [-0.2, -0.15) is 4.98 Å². The number of para-hydroxylation sites is 1.